The van der Waals surface area contributed by atoms with E-state index in [0.717, 1.165) is 11.0 Å². The molecular weight excluding hydrogens is 216 g/mol. The Labute approximate surface area is 98.7 Å². The van der Waals surface area contributed by atoms with E-state index in [1.54, 1.807) is 6.92 Å². The van der Waals surface area contributed by atoms with Crippen molar-refractivity contribution in [3.05, 3.63) is 36.2 Å². The molecule has 84 valence electrons. The molecule has 0 bridgehead atoms. The van der Waals surface area contributed by atoms with Crippen LogP contribution in [0.15, 0.2) is 30.5 Å². The van der Waals surface area contributed by atoms with Crippen LogP contribution in [0.2, 0.25) is 0 Å². The molecule has 17 heavy (non-hydrogen) atoms. The van der Waals surface area contributed by atoms with E-state index < -0.39 is 5.97 Å². The first-order valence-corrected chi connectivity index (χ1v) is 5.20. The summed E-state index contributed by atoms with van der Waals surface area (Å²) >= 11 is 0. The third kappa shape index (κ3) is 2.79. The molecule has 0 aliphatic rings. The van der Waals surface area contributed by atoms with Gasteiger partial charge in [-0.3, -0.25) is 4.98 Å². The smallest absolute Gasteiger partial charge is 0.384 e. The maximum absolute atomic E-state index is 11.0. The number of hydrogen-bond donors (Lipinski definition) is 0. The molecule has 0 unspecified atom stereocenters. The first-order valence-electron chi connectivity index (χ1n) is 5.20. The van der Waals surface area contributed by atoms with Crippen LogP contribution in [-0.2, 0) is 9.53 Å². The average molecular weight is 226 g/mol. The summed E-state index contributed by atoms with van der Waals surface area (Å²) in [5.41, 5.74) is 2.01. The highest BCUT2D eigenvalue weighted by atomic mass is 16.5. The van der Waals surface area contributed by atoms with Crippen molar-refractivity contribution in [2.24, 2.45) is 0 Å². The Morgan fingerprint density at radius 1 is 1.35 bits per heavy atom. The fourth-order valence-electron chi connectivity index (χ4n) is 1.30. The Kier molecular flexibility index (Phi) is 3.31. The molecule has 0 aliphatic heterocycles. The van der Waals surface area contributed by atoms with Gasteiger partial charge in [0.05, 0.1) is 23.8 Å². The van der Waals surface area contributed by atoms with Crippen LogP contribution in [0.1, 0.15) is 12.6 Å². The van der Waals surface area contributed by atoms with E-state index >= 15 is 0 Å². The second-order valence-electron chi connectivity index (χ2n) is 3.21. The molecule has 0 radical (unpaired) electrons. The van der Waals surface area contributed by atoms with Crippen LogP contribution in [0, 0.1) is 11.8 Å². The minimum absolute atomic E-state index is 0.316. The molecule has 0 fully saturated rings. The van der Waals surface area contributed by atoms with Crippen LogP contribution in [0.3, 0.4) is 0 Å². The van der Waals surface area contributed by atoms with Crippen LogP contribution in [-0.4, -0.2) is 22.5 Å². The second-order valence-corrected chi connectivity index (χ2v) is 3.21. The predicted molar refractivity (Wildman–Crippen MR) is 63.0 cm³/mol. The van der Waals surface area contributed by atoms with Crippen LogP contribution in [0.25, 0.3) is 11.0 Å². The fraction of sp³-hybridized carbons (Fsp3) is 0.154. The Bertz CT molecular complexity index is 611. The van der Waals surface area contributed by atoms with Gasteiger partial charge in [-0.25, -0.2) is 9.78 Å². The topological polar surface area (TPSA) is 52.1 Å². The average Bonchev–Trinajstić information content (AvgIpc) is 2.36. The molecule has 0 N–H and O–H groups in total. The number of rotatable bonds is 1. The van der Waals surface area contributed by atoms with Crippen molar-refractivity contribution in [3.8, 4) is 11.8 Å². The highest BCUT2D eigenvalue weighted by molar-refractivity contribution is 5.89. The SMILES string of the molecule is CCOC(=O)C#Cc1cnc2ccccc2n1. The lowest BCUT2D eigenvalue weighted by Gasteiger charge is -1.95. The molecule has 0 amide bonds. The van der Waals surface area contributed by atoms with Gasteiger partial charge in [0, 0.05) is 5.92 Å². The minimum atomic E-state index is -0.553. The largest absolute Gasteiger partial charge is 0.456 e. The van der Waals surface area contributed by atoms with E-state index in [2.05, 4.69) is 21.8 Å². The lowest BCUT2D eigenvalue weighted by atomic mass is 10.3. The van der Waals surface area contributed by atoms with Crippen molar-refractivity contribution in [1.29, 1.82) is 0 Å². The summed E-state index contributed by atoms with van der Waals surface area (Å²) in [6.45, 7) is 2.05. The van der Waals surface area contributed by atoms with E-state index in [-0.39, 0.29) is 0 Å². The first-order chi connectivity index (χ1) is 8.29. The Morgan fingerprint density at radius 3 is 2.88 bits per heavy atom. The second kappa shape index (κ2) is 5.08. The number of ether oxygens (including phenoxy) is 1. The van der Waals surface area contributed by atoms with Crippen LogP contribution >= 0.6 is 0 Å². The fourth-order valence-corrected chi connectivity index (χ4v) is 1.30. The molecule has 1 heterocycles. The van der Waals surface area contributed by atoms with Crippen LogP contribution in [0.4, 0.5) is 0 Å². The van der Waals surface area contributed by atoms with Gasteiger partial charge in [-0.1, -0.05) is 12.1 Å². The Hall–Kier alpha value is -2.41. The summed E-state index contributed by atoms with van der Waals surface area (Å²) in [5.74, 6) is 4.42. The lowest BCUT2D eigenvalue weighted by Crippen LogP contribution is -1.99. The van der Waals surface area contributed by atoms with E-state index in [9.17, 15) is 4.79 Å². The summed E-state index contributed by atoms with van der Waals surface area (Å²) in [7, 11) is 0. The quantitative estimate of drug-likeness (QED) is 0.546. The normalized spacial score (nSPS) is 9.47. The summed E-state index contributed by atoms with van der Waals surface area (Å²) in [4.78, 5) is 19.5. The van der Waals surface area contributed by atoms with Crippen molar-refractivity contribution < 1.29 is 9.53 Å². The maximum atomic E-state index is 11.0. The highest BCUT2D eigenvalue weighted by Gasteiger charge is 1.97. The highest BCUT2D eigenvalue weighted by Crippen LogP contribution is 2.07. The number of para-hydroxylation sites is 2. The Balaban J connectivity index is 2.28. The molecule has 1 aromatic heterocycles. The van der Waals surface area contributed by atoms with Crippen molar-refractivity contribution in [3.63, 3.8) is 0 Å². The number of esters is 1. The van der Waals surface area contributed by atoms with Crippen LogP contribution in [0.5, 0.6) is 0 Å². The lowest BCUT2D eigenvalue weighted by molar-refractivity contribution is -0.136. The minimum Gasteiger partial charge on any atom is -0.456 e. The molecule has 0 atom stereocenters. The molecule has 0 aliphatic carbocycles. The standard InChI is InChI=1S/C13H10N2O2/c1-2-17-13(16)8-7-10-9-14-11-5-3-4-6-12(11)15-10/h3-6,9H,2H2,1H3. The Morgan fingerprint density at radius 2 is 2.12 bits per heavy atom. The zero-order valence-corrected chi connectivity index (χ0v) is 9.30. The third-order valence-corrected chi connectivity index (χ3v) is 2.02. The number of fused-ring (bicyclic) bond motifs is 1. The van der Waals surface area contributed by atoms with Crippen molar-refractivity contribution in [1.82, 2.24) is 9.97 Å². The van der Waals surface area contributed by atoms with Crippen molar-refractivity contribution in [2.45, 2.75) is 6.92 Å². The number of nitrogens with zero attached hydrogens (tertiary/aromatic N) is 2. The summed E-state index contributed by atoms with van der Waals surface area (Å²) in [5, 5.41) is 0. The van der Waals surface area contributed by atoms with Gasteiger partial charge in [0.1, 0.15) is 5.69 Å². The molecule has 4 nitrogen and oxygen atoms in total. The summed E-state index contributed by atoms with van der Waals surface area (Å²) in [6, 6.07) is 7.48. The summed E-state index contributed by atoms with van der Waals surface area (Å²) in [6.07, 6.45) is 1.54. The first kappa shape index (κ1) is 11.1. The van der Waals surface area contributed by atoms with Gasteiger partial charge in [-0.15, -0.1) is 0 Å². The molecule has 2 rings (SSSR count). The van der Waals surface area contributed by atoms with Gasteiger partial charge in [-0.05, 0) is 25.0 Å². The van der Waals surface area contributed by atoms with Crippen LogP contribution < -0.4 is 0 Å². The van der Waals surface area contributed by atoms with E-state index in [1.165, 1.54) is 6.20 Å². The van der Waals surface area contributed by atoms with Gasteiger partial charge in [-0.2, -0.15) is 0 Å². The van der Waals surface area contributed by atoms with E-state index in [0.29, 0.717) is 12.3 Å². The molecule has 2 aromatic rings. The zero-order valence-electron chi connectivity index (χ0n) is 9.30. The molecule has 0 spiro atoms. The number of aromatic nitrogens is 2. The van der Waals surface area contributed by atoms with E-state index in [4.69, 9.17) is 4.74 Å². The van der Waals surface area contributed by atoms with Gasteiger partial charge < -0.3 is 4.74 Å². The van der Waals surface area contributed by atoms with Crippen molar-refractivity contribution in [2.75, 3.05) is 6.61 Å². The molecule has 4 heteroatoms. The van der Waals surface area contributed by atoms with Gasteiger partial charge in [0.2, 0.25) is 0 Å². The zero-order chi connectivity index (χ0) is 12.1. The number of carbonyl (C=O) groups excluding carboxylic acids is 1. The number of carbonyl (C=O) groups is 1. The van der Waals surface area contributed by atoms with Gasteiger partial charge in [0.15, 0.2) is 0 Å². The van der Waals surface area contributed by atoms with Crippen molar-refractivity contribution >= 4 is 17.0 Å². The predicted octanol–water partition coefficient (Wildman–Crippen LogP) is 1.54. The molecule has 1 aromatic carbocycles. The maximum Gasteiger partial charge on any atom is 0.384 e. The molecule has 0 saturated carbocycles. The van der Waals surface area contributed by atoms with Gasteiger partial charge in [0.25, 0.3) is 0 Å². The summed E-state index contributed by atoms with van der Waals surface area (Å²) < 4.78 is 4.69. The molecular formula is C13H10N2O2. The number of hydrogen-bond acceptors (Lipinski definition) is 4. The molecule has 0 saturated heterocycles. The van der Waals surface area contributed by atoms with E-state index in [1.807, 2.05) is 24.3 Å². The van der Waals surface area contributed by atoms with Gasteiger partial charge >= 0.3 is 5.97 Å². The number of benzene rings is 1. The monoisotopic (exact) mass is 226 g/mol. The third-order valence-electron chi connectivity index (χ3n) is 2.02.